The van der Waals surface area contributed by atoms with Gasteiger partial charge < -0.3 is 15.0 Å². The third-order valence-electron chi connectivity index (χ3n) is 6.59. The van der Waals surface area contributed by atoms with Crippen molar-refractivity contribution in [2.24, 2.45) is 0 Å². The average molecular weight is 523 g/mol. The Morgan fingerprint density at radius 3 is 2.05 bits per heavy atom. The maximum atomic E-state index is 12.0. The number of halogens is 1. The van der Waals surface area contributed by atoms with E-state index in [4.69, 9.17) is 16.7 Å². The van der Waals surface area contributed by atoms with Gasteiger partial charge in [-0.25, -0.2) is 0 Å². The second-order valence-electron chi connectivity index (χ2n) is 9.26. The van der Waals surface area contributed by atoms with E-state index in [1.165, 1.54) is 16.7 Å². The minimum atomic E-state index is -0.988. The van der Waals surface area contributed by atoms with Crippen molar-refractivity contribution in [1.82, 2.24) is 4.57 Å². The van der Waals surface area contributed by atoms with Gasteiger partial charge in [-0.2, -0.15) is 0 Å². The number of aromatic nitrogens is 1. The monoisotopic (exact) mass is 522 g/mol. The van der Waals surface area contributed by atoms with Crippen molar-refractivity contribution in [1.29, 1.82) is 0 Å². The SMILES string of the molecule is O=C(O)CCC(=O)Nc1ccc(Cc2cn(C(c3ccccc3)c3ccccc3)c3cc(Cl)ccc23)cc1. The number of anilines is 1. The number of fused-ring (bicyclic) bond motifs is 1. The first kappa shape index (κ1) is 25.3. The van der Waals surface area contributed by atoms with Crippen LogP contribution in [0.5, 0.6) is 0 Å². The lowest BCUT2D eigenvalue weighted by molar-refractivity contribution is -0.138. The number of carbonyl (C=O) groups is 2. The van der Waals surface area contributed by atoms with Crippen molar-refractivity contribution >= 4 is 40.1 Å². The lowest BCUT2D eigenvalue weighted by Gasteiger charge is -2.21. The Balaban J connectivity index is 1.48. The number of nitrogens with zero attached hydrogens (tertiary/aromatic N) is 1. The van der Waals surface area contributed by atoms with Crippen LogP contribution in [0.2, 0.25) is 5.02 Å². The molecular formula is C32H27ClN2O3. The zero-order chi connectivity index (χ0) is 26.5. The van der Waals surface area contributed by atoms with E-state index in [1.807, 2.05) is 48.5 Å². The molecule has 0 fully saturated rings. The Hall–Kier alpha value is -4.35. The summed E-state index contributed by atoms with van der Waals surface area (Å²) in [6, 6.07) is 34.6. The number of hydrogen-bond acceptors (Lipinski definition) is 2. The van der Waals surface area contributed by atoms with Crippen molar-refractivity contribution in [3.8, 4) is 0 Å². The molecule has 0 aliphatic heterocycles. The topological polar surface area (TPSA) is 71.3 Å². The predicted octanol–water partition coefficient (Wildman–Crippen LogP) is 7.33. The molecule has 2 N–H and O–H groups in total. The molecule has 0 saturated heterocycles. The van der Waals surface area contributed by atoms with Crippen LogP contribution < -0.4 is 5.32 Å². The lowest BCUT2D eigenvalue weighted by atomic mass is 9.98. The van der Waals surface area contributed by atoms with Gasteiger partial charge in [-0.1, -0.05) is 90.5 Å². The zero-order valence-corrected chi connectivity index (χ0v) is 21.4. The number of carboxylic acid groups (broad SMARTS) is 1. The fourth-order valence-corrected chi connectivity index (χ4v) is 4.97. The molecule has 0 atom stereocenters. The largest absolute Gasteiger partial charge is 0.481 e. The van der Waals surface area contributed by atoms with Crippen molar-refractivity contribution in [2.75, 3.05) is 5.32 Å². The molecule has 5 rings (SSSR count). The van der Waals surface area contributed by atoms with Crippen LogP contribution in [0.15, 0.2) is 109 Å². The van der Waals surface area contributed by atoms with Gasteiger partial charge in [0.15, 0.2) is 0 Å². The number of rotatable bonds is 9. The summed E-state index contributed by atoms with van der Waals surface area (Å²) in [7, 11) is 0. The first-order valence-corrected chi connectivity index (χ1v) is 12.8. The molecule has 0 bridgehead atoms. The number of carboxylic acids is 1. The van der Waals surface area contributed by atoms with Gasteiger partial charge in [0.2, 0.25) is 5.91 Å². The average Bonchev–Trinajstić information content (AvgIpc) is 3.26. The number of amides is 1. The van der Waals surface area contributed by atoms with E-state index in [2.05, 4.69) is 70.7 Å². The van der Waals surface area contributed by atoms with E-state index in [-0.39, 0.29) is 24.8 Å². The van der Waals surface area contributed by atoms with Gasteiger partial charge in [-0.3, -0.25) is 9.59 Å². The molecule has 4 aromatic carbocycles. The van der Waals surface area contributed by atoms with E-state index in [1.54, 1.807) is 0 Å². The highest BCUT2D eigenvalue weighted by atomic mass is 35.5. The molecule has 38 heavy (non-hydrogen) atoms. The molecule has 0 radical (unpaired) electrons. The molecule has 0 saturated carbocycles. The molecule has 5 nitrogen and oxygen atoms in total. The molecule has 0 aliphatic carbocycles. The van der Waals surface area contributed by atoms with Gasteiger partial charge in [-0.05, 0) is 52.9 Å². The van der Waals surface area contributed by atoms with Gasteiger partial charge in [0.1, 0.15) is 0 Å². The van der Waals surface area contributed by atoms with Crippen LogP contribution in [0.4, 0.5) is 5.69 Å². The molecule has 1 aromatic heterocycles. The predicted molar refractivity (Wildman–Crippen MR) is 152 cm³/mol. The van der Waals surface area contributed by atoms with Crippen molar-refractivity contribution in [2.45, 2.75) is 25.3 Å². The molecule has 1 amide bonds. The lowest BCUT2D eigenvalue weighted by Crippen LogP contribution is -2.13. The van der Waals surface area contributed by atoms with Gasteiger partial charge >= 0.3 is 5.97 Å². The molecule has 5 aromatic rings. The Morgan fingerprint density at radius 1 is 0.816 bits per heavy atom. The fraction of sp³-hybridized carbons (Fsp3) is 0.125. The van der Waals surface area contributed by atoms with Crippen LogP contribution in [-0.2, 0) is 16.0 Å². The Kier molecular flexibility index (Phi) is 7.57. The molecule has 190 valence electrons. The van der Waals surface area contributed by atoms with Gasteiger partial charge in [0.05, 0.1) is 18.0 Å². The minimum absolute atomic E-state index is 0.0180. The summed E-state index contributed by atoms with van der Waals surface area (Å²) in [5, 5.41) is 13.4. The van der Waals surface area contributed by atoms with E-state index < -0.39 is 5.97 Å². The number of aliphatic carboxylic acids is 1. The third-order valence-corrected chi connectivity index (χ3v) is 6.82. The Bertz CT molecular complexity index is 1520. The summed E-state index contributed by atoms with van der Waals surface area (Å²) in [5.41, 5.74) is 6.35. The van der Waals surface area contributed by atoms with Crippen molar-refractivity contribution < 1.29 is 14.7 Å². The first-order valence-electron chi connectivity index (χ1n) is 12.5. The first-order chi connectivity index (χ1) is 18.5. The van der Waals surface area contributed by atoms with Crippen LogP contribution in [0.3, 0.4) is 0 Å². The second kappa shape index (κ2) is 11.4. The van der Waals surface area contributed by atoms with Gasteiger partial charge in [0.25, 0.3) is 0 Å². The number of carbonyl (C=O) groups excluding carboxylic acids is 1. The Morgan fingerprint density at radius 2 is 1.45 bits per heavy atom. The van der Waals surface area contributed by atoms with Crippen LogP contribution in [0.25, 0.3) is 10.9 Å². The number of hydrogen-bond donors (Lipinski definition) is 2. The maximum absolute atomic E-state index is 12.0. The van der Waals surface area contributed by atoms with E-state index in [9.17, 15) is 9.59 Å². The highest BCUT2D eigenvalue weighted by molar-refractivity contribution is 6.31. The summed E-state index contributed by atoms with van der Waals surface area (Å²) < 4.78 is 2.30. The zero-order valence-electron chi connectivity index (χ0n) is 20.7. The number of nitrogens with one attached hydrogen (secondary N) is 1. The summed E-state index contributed by atoms with van der Waals surface area (Å²) >= 11 is 6.48. The molecule has 0 aliphatic rings. The Labute approximate surface area is 226 Å². The highest BCUT2D eigenvalue weighted by Crippen LogP contribution is 2.35. The van der Waals surface area contributed by atoms with E-state index in [0.29, 0.717) is 17.1 Å². The summed E-state index contributed by atoms with van der Waals surface area (Å²) in [5.74, 6) is -1.30. The highest BCUT2D eigenvalue weighted by Gasteiger charge is 2.20. The van der Waals surface area contributed by atoms with E-state index >= 15 is 0 Å². The molecular weight excluding hydrogens is 496 g/mol. The maximum Gasteiger partial charge on any atom is 0.303 e. The standard InChI is InChI=1S/C32H27ClN2O3/c33-26-13-16-28-25(19-22-11-14-27(15-12-22)34-30(36)17-18-31(37)38)21-35(29(28)20-26)32(23-7-3-1-4-8-23)24-9-5-2-6-10-24/h1-16,20-21,32H,17-19H2,(H,34,36)(H,37,38). The van der Waals surface area contributed by atoms with E-state index in [0.717, 1.165) is 16.5 Å². The quantitative estimate of drug-likeness (QED) is 0.213. The van der Waals surface area contributed by atoms with Crippen molar-refractivity contribution in [3.05, 3.63) is 137 Å². The molecule has 0 unspecified atom stereocenters. The number of benzene rings is 4. The normalized spacial score (nSPS) is 11.1. The molecule has 1 heterocycles. The third kappa shape index (κ3) is 5.79. The van der Waals surface area contributed by atoms with Gasteiger partial charge in [-0.15, -0.1) is 0 Å². The van der Waals surface area contributed by atoms with Crippen LogP contribution in [0, 0.1) is 0 Å². The summed E-state index contributed by atoms with van der Waals surface area (Å²) in [4.78, 5) is 22.7. The molecule has 6 heteroatoms. The smallest absolute Gasteiger partial charge is 0.303 e. The second-order valence-corrected chi connectivity index (χ2v) is 9.70. The molecule has 0 spiro atoms. The fourth-order valence-electron chi connectivity index (χ4n) is 4.81. The van der Waals surface area contributed by atoms with Crippen molar-refractivity contribution in [3.63, 3.8) is 0 Å². The van der Waals surface area contributed by atoms with Crippen LogP contribution >= 0.6 is 11.6 Å². The van der Waals surface area contributed by atoms with Gasteiger partial charge in [0, 0.05) is 28.7 Å². The van der Waals surface area contributed by atoms with Crippen LogP contribution in [-0.4, -0.2) is 21.6 Å². The summed E-state index contributed by atoms with van der Waals surface area (Å²) in [6.45, 7) is 0. The summed E-state index contributed by atoms with van der Waals surface area (Å²) in [6.07, 6.45) is 2.68. The minimum Gasteiger partial charge on any atom is -0.481 e. The van der Waals surface area contributed by atoms with Crippen LogP contribution in [0.1, 0.15) is 41.1 Å².